The SMILES string of the molecule is CCCC.NCc1ccccc1. The highest BCUT2D eigenvalue weighted by molar-refractivity contribution is 5.13. The third kappa shape index (κ3) is 5.93. The van der Waals surface area contributed by atoms with Crippen molar-refractivity contribution in [1.29, 1.82) is 0 Å². The minimum absolute atomic E-state index is 0.640. The fourth-order valence-electron chi connectivity index (χ4n) is 0.614. The molecule has 0 aliphatic heterocycles. The van der Waals surface area contributed by atoms with E-state index in [9.17, 15) is 0 Å². The predicted molar refractivity (Wildman–Crippen MR) is 54.9 cm³/mol. The maximum absolute atomic E-state index is 5.35. The molecule has 2 N–H and O–H groups in total. The average Bonchev–Trinajstić information content (AvgIpc) is 2.19. The first-order valence-corrected chi connectivity index (χ1v) is 4.59. The summed E-state index contributed by atoms with van der Waals surface area (Å²) in [5, 5.41) is 0. The predicted octanol–water partition coefficient (Wildman–Crippen LogP) is 2.95. The highest BCUT2D eigenvalue weighted by atomic mass is 14.5. The minimum Gasteiger partial charge on any atom is -0.326 e. The molecule has 0 amide bonds. The smallest absolute Gasteiger partial charge is 0.0178 e. The molecule has 0 radical (unpaired) electrons. The Balaban J connectivity index is 0.000000261. The van der Waals surface area contributed by atoms with Crippen LogP contribution in [0.3, 0.4) is 0 Å². The van der Waals surface area contributed by atoms with E-state index in [4.69, 9.17) is 5.73 Å². The number of hydrogen-bond donors (Lipinski definition) is 1. The first kappa shape index (κ1) is 11.2. The zero-order valence-electron chi connectivity index (χ0n) is 8.09. The second-order valence-corrected chi connectivity index (χ2v) is 2.69. The first-order chi connectivity index (χ1) is 5.85. The van der Waals surface area contributed by atoms with E-state index in [1.807, 2.05) is 30.3 Å². The molecular weight excluding hydrogens is 146 g/mol. The molecule has 0 aromatic heterocycles. The molecule has 0 saturated carbocycles. The summed E-state index contributed by atoms with van der Waals surface area (Å²) in [6.45, 7) is 5.00. The van der Waals surface area contributed by atoms with Crippen molar-refractivity contribution in [2.45, 2.75) is 33.2 Å². The monoisotopic (exact) mass is 165 g/mol. The summed E-state index contributed by atoms with van der Waals surface area (Å²) in [5.74, 6) is 0. The highest BCUT2D eigenvalue weighted by Crippen LogP contribution is 1.94. The Labute approximate surface area is 75.6 Å². The van der Waals surface area contributed by atoms with Gasteiger partial charge in [-0.05, 0) is 5.56 Å². The van der Waals surface area contributed by atoms with Crippen LogP contribution in [0.1, 0.15) is 32.3 Å². The van der Waals surface area contributed by atoms with Gasteiger partial charge >= 0.3 is 0 Å². The fraction of sp³-hybridized carbons (Fsp3) is 0.455. The summed E-state index contributed by atoms with van der Waals surface area (Å²) in [5.41, 5.74) is 6.54. The maximum Gasteiger partial charge on any atom is 0.0178 e. The molecule has 1 heteroatoms. The first-order valence-electron chi connectivity index (χ1n) is 4.59. The Morgan fingerprint density at radius 3 is 1.75 bits per heavy atom. The maximum atomic E-state index is 5.35. The van der Waals surface area contributed by atoms with Crippen LogP contribution in [0.15, 0.2) is 30.3 Å². The molecular formula is C11H19N. The summed E-state index contributed by atoms with van der Waals surface area (Å²) < 4.78 is 0. The molecule has 0 bridgehead atoms. The topological polar surface area (TPSA) is 26.0 Å². The molecule has 68 valence electrons. The van der Waals surface area contributed by atoms with Gasteiger partial charge < -0.3 is 5.73 Å². The standard InChI is InChI=1S/C7H9N.C4H10/c8-6-7-4-2-1-3-5-7;1-3-4-2/h1-5H,6,8H2;3-4H2,1-2H3. The molecule has 1 nitrogen and oxygen atoms in total. The second kappa shape index (κ2) is 8.28. The Morgan fingerprint density at radius 2 is 1.50 bits per heavy atom. The van der Waals surface area contributed by atoms with Gasteiger partial charge in [0.15, 0.2) is 0 Å². The molecule has 0 aliphatic carbocycles. The van der Waals surface area contributed by atoms with Crippen molar-refractivity contribution in [3.8, 4) is 0 Å². The van der Waals surface area contributed by atoms with E-state index < -0.39 is 0 Å². The van der Waals surface area contributed by atoms with Crippen LogP contribution in [0.25, 0.3) is 0 Å². The van der Waals surface area contributed by atoms with Crippen LogP contribution < -0.4 is 5.73 Å². The summed E-state index contributed by atoms with van der Waals surface area (Å²) in [6.07, 6.45) is 2.64. The van der Waals surface area contributed by atoms with Gasteiger partial charge in [-0.15, -0.1) is 0 Å². The Morgan fingerprint density at radius 1 is 1.00 bits per heavy atom. The molecule has 0 unspecified atom stereocenters. The van der Waals surface area contributed by atoms with Crippen LogP contribution in [0.2, 0.25) is 0 Å². The van der Waals surface area contributed by atoms with E-state index in [2.05, 4.69) is 13.8 Å². The van der Waals surface area contributed by atoms with Crippen molar-refractivity contribution < 1.29 is 0 Å². The van der Waals surface area contributed by atoms with Crippen LogP contribution in [0.5, 0.6) is 0 Å². The van der Waals surface area contributed by atoms with Crippen molar-refractivity contribution >= 4 is 0 Å². The highest BCUT2D eigenvalue weighted by Gasteiger charge is 1.80. The lowest BCUT2D eigenvalue weighted by atomic mass is 10.2. The van der Waals surface area contributed by atoms with Crippen LogP contribution in [-0.2, 0) is 6.54 Å². The van der Waals surface area contributed by atoms with Gasteiger partial charge in [0.05, 0.1) is 0 Å². The Bertz CT molecular complexity index is 168. The largest absolute Gasteiger partial charge is 0.326 e. The van der Waals surface area contributed by atoms with Crippen molar-refractivity contribution in [2.75, 3.05) is 0 Å². The molecule has 0 aliphatic rings. The van der Waals surface area contributed by atoms with Crippen molar-refractivity contribution in [2.24, 2.45) is 5.73 Å². The van der Waals surface area contributed by atoms with E-state index in [0.717, 1.165) is 0 Å². The molecule has 12 heavy (non-hydrogen) atoms. The summed E-state index contributed by atoms with van der Waals surface area (Å²) in [7, 11) is 0. The number of benzene rings is 1. The number of nitrogens with two attached hydrogens (primary N) is 1. The summed E-state index contributed by atoms with van der Waals surface area (Å²) in [4.78, 5) is 0. The van der Waals surface area contributed by atoms with Gasteiger partial charge in [0.1, 0.15) is 0 Å². The van der Waals surface area contributed by atoms with Crippen molar-refractivity contribution in [3.05, 3.63) is 35.9 Å². The molecule has 0 spiro atoms. The summed E-state index contributed by atoms with van der Waals surface area (Å²) >= 11 is 0. The number of unbranched alkanes of at least 4 members (excludes halogenated alkanes) is 1. The zero-order valence-corrected chi connectivity index (χ0v) is 8.09. The molecule has 0 atom stereocenters. The van der Waals surface area contributed by atoms with Gasteiger partial charge in [0.25, 0.3) is 0 Å². The molecule has 0 saturated heterocycles. The lowest BCUT2D eigenvalue weighted by Gasteiger charge is -1.90. The third-order valence-corrected chi connectivity index (χ3v) is 1.58. The Hall–Kier alpha value is -0.820. The van der Waals surface area contributed by atoms with Crippen molar-refractivity contribution in [1.82, 2.24) is 0 Å². The number of hydrogen-bond acceptors (Lipinski definition) is 1. The number of rotatable bonds is 2. The van der Waals surface area contributed by atoms with Crippen LogP contribution in [0.4, 0.5) is 0 Å². The van der Waals surface area contributed by atoms with Crippen LogP contribution in [0, 0.1) is 0 Å². The lowest BCUT2D eigenvalue weighted by Crippen LogP contribution is -1.94. The van der Waals surface area contributed by atoms with Crippen LogP contribution >= 0.6 is 0 Å². The quantitative estimate of drug-likeness (QED) is 0.716. The van der Waals surface area contributed by atoms with E-state index in [0.29, 0.717) is 6.54 Å². The average molecular weight is 165 g/mol. The van der Waals surface area contributed by atoms with Gasteiger partial charge in [0.2, 0.25) is 0 Å². The van der Waals surface area contributed by atoms with Crippen molar-refractivity contribution in [3.63, 3.8) is 0 Å². The van der Waals surface area contributed by atoms with Gasteiger partial charge in [-0.3, -0.25) is 0 Å². The third-order valence-electron chi connectivity index (χ3n) is 1.58. The Kier molecular flexibility index (Phi) is 7.71. The van der Waals surface area contributed by atoms with Gasteiger partial charge in [-0.25, -0.2) is 0 Å². The van der Waals surface area contributed by atoms with E-state index >= 15 is 0 Å². The minimum atomic E-state index is 0.640. The van der Waals surface area contributed by atoms with Gasteiger partial charge in [-0.2, -0.15) is 0 Å². The lowest BCUT2D eigenvalue weighted by molar-refractivity contribution is 0.886. The second-order valence-electron chi connectivity index (χ2n) is 2.69. The zero-order chi connectivity index (χ0) is 9.23. The summed E-state index contributed by atoms with van der Waals surface area (Å²) in [6, 6.07) is 9.99. The molecule has 0 heterocycles. The molecule has 1 rings (SSSR count). The van der Waals surface area contributed by atoms with Gasteiger partial charge in [0, 0.05) is 6.54 Å². The molecule has 1 aromatic carbocycles. The fourth-order valence-corrected chi connectivity index (χ4v) is 0.614. The van der Waals surface area contributed by atoms with E-state index in [1.54, 1.807) is 0 Å². The normalized spacial score (nSPS) is 8.58. The molecule has 0 fully saturated rings. The van der Waals surface area contributed by atoms with Crippen LogP contribution in [-0.4, -0.2) is 0 Å². The molecule has 1 aromatic rings. The van der Waals surface area contributed by atoms with E-state index in [-0.39, 0.29) is 0 Å². The van der Waals surface area contributed by atoms with Gasteiger partial charge in [-0.1, -0.05) is 57.0 Å². The van der Waals surface area contributed by atoms with E-state index in [1.165, 1.54) is 18.4 Å².